The predicted molar refractivity (Wildman–Crippen MR) is 119 cm³/mol. The molecular formula is C22H25N5O4S. The number of carbonyl (C=O) groups is 2. The highest BCUT2D eigenvalue weighted by atomic mass is 32.1. The van der Waals surface area contributed by atoms with Crippen molar-refractivity contribution in [2.24, 2.45) is 0 Å². The molecule has 0 atom stereocenters. The van der Waals surface area contributed by atoms with Gasteiger partial charge < -0.3 is 19.7 Å². The van der Waals surface area contributed by atoms with E-state index < -0.39 is 5.54 Å². The highest BCUT2D eigenvalue weighted by molar-refractivity contribution is 7.17. The highest BCUT2D eigenvalue weighted by Crippen LogP contribution is 2.48. The molecule has 3 amide bonds. The molecule has 1 saturated heterocycles. The van der Waals surface area contributed by atoms with E-state index in [4.69, 9.17) is 14.7 Å². The maximum absolute atomic E-state index is 12.9. The predicted octanol–water partition coefficient (Wildman–Crippen LogP) is 3.44. The Balaban J connectivity index is 1.43. The molecule has 1 aromatic carbocycles. The van der Waals surface area contributed by atoms with Crippen LogP contribution in [-0.4, -0.2) is 53.7 Å². The van der Waals surface area contributed by atoms with Crippen molar-refractivity contribution in [3.8, 4) is 16.9 Å². The van der Waals surface area contributed by atoms with Crippen LogP contribution in [0, 0.1) is 11.3 Å². The van der Waals surface area contributed by atoms with Crippen LogP contribution in [0.4, 0.5) is 9.93 Å². The number of hydrogen-bond acceptors (Lipinski definition) is 7. The minimum Gasteiger partial charge on any atom is -0.445 e. The Morgan fingerprint density at radius 1 is 1.25 bits per heavy atom. The van der Waals surface area contributed by atoms with E-state index >= 15 is 0 Å². The van der Waals surface area contributed by atoms with E-state index in [2.05, 4.69) is 21.7 Å². The summed E-state index contributed by atoms with van der Waals surface area (Å²) >= 11 is 1.25. The second-order valence-corrected chi connectivity index (χ2v) is 9.27. The van der Waals surface area contributed by atoms with Crippen LogP contribution in [0.2, 0.25) is 0 Å². The molecule has 2 aliphatic rings. The van der Waals surface area contributed by atoms with Crippen molar-refractivity contribution in [2.75, 3.05) is 31.6 Å². The lowest BCUT2D eigenvalue weighted by atomic mass is 10.1. The molecule has 0 radical (unpaired) electrons. The Labute approximate surface area is 190 Å². The van der Waals surface area contributed by atoms with Crippen LogP contribution >= 0.6 is 11.3 Å². The molecule has 2 fully saturated rings. The first-order valence-electron chi connectivity index (χ1n) is 10.5. The van der Waals surface area contributed by atoms with Gasteiger partial charge in [-0.15, -0.1) is 0 Å². The van der Waals surface area contributed by atoms with Gasteiger partial charge in [-0.25, -0.2) is 9.78 Å². The van der Waals surface area contributed by atoms with E-state index in [9.17, 15) is 9.59 Å². The number of urea groups is 1. The third-order valence-electron chi connectivity index (χ3n) is 5.28. The van der Waals surface area contributed by atoms with E-state index in [1.165, 1.54) is 11.3 Å². The van der Waals surface area contributed by atoms with E-state index in [0.717, 1.165) is 18.5 Å². The van der Waals surface area contributed by atoms with Crippen LogP contribution in [0.1, 0.15) is 43.9 Å². The number of ether oxygens (including phenoxy) is 2. The number of morpholine rings is 1. The molecule has 4 rings (SSSR count). The van der Waals surface area contributed by atoms with Crippen molar-refractivity contribution in [3.05, 3.63) is 35.5 Å². The number of nitrogens with one attached hydrogen (secondary N) is 2. The van der Waals surface area contributed by atoms with Gasteiger partial charge in [0.25, 0.3) is 5.91 Å². The Morgan fingerprint density at radius 3 is 2.56 bits per heavy atom. The van der Waals surface area contributed by atoms with Crippen LogP contribution in [0.5, 0.6) is 10.8 Å². The number of amides is 3. The monoisotopic (exact) mass is 455 g/mol. The molecule has 9 nitrogen and oxygen atoms in total. The molecule has 1 saturated carbocycles. The number of hydrogen-bond donors (Lipinski definition) is 2. The number of nitrogens with zero attached hydrogens (tertiary/aromatic N) is 3. The minimum atomic E-state index is -1.13. The van der Waals surface area contributed by atoms with Gasteiger partial charge in [0, 0.05) is 19.0 Å². The Hall–Kier alpha value is -3.16. The smallest absolute Gasteiger partial charge is 0.318 e. The van der Waals surface area contributed by atoms with Crippen LogP contribution < -0.4 is 15.4 Å². The first kappa shape index (κ1) is 22.0. The number of anilines is 1. The van der Waals surface area contributed by atoms with Crippen molar-refractivity contribution >= 4 is 28.4 Å². The fraction of sp³-hybridized carbons (Fsp3) is 0.455. The fourth-order valence-electron chi connectivity index (χ4n) is 3.19. The van der Waals surface area contributed by atoms with Crippen LogP contribution in [0.25, 0.3) is 0 Å². The van der Waals surface area contributed by atoms with E-state index in [1.807, 2.05) is 0 Å². The van der Waals surface area contributed by atoms with E-state index in [-0.39, 0.29) is 11.9 Å². The van der Waals surface area contributed by atoms with Gasteiger partial charge in [-0.1, -0.05) is 11.3 Å². The first-order valence-corrected chi connectivity index (χ1v) is 11.3. The van der Waals surface area contributed by atoms with Crippen LogP contribution in [-0.2, 0) is 9.53 Å². The number of nitriles is 1. The molecule has 0 spiro atoms. The van der Waals surface area contributed by atoms with Crippen LogP contribution in [0.15, 0.2) is 24.3 Å². The number of rotatable bonds is 6. The summed E-state index contributed by atoms with van der Waals surface area (Å²) in [5.41, 5.74) is 0.248. The van der Waals surface area contributed by atoms with Gasteiger partial charge in [-0.05, 0) is 51.0 Å². The second kappa shape index (κ2) is 9.14. The number of carbonyl (C=O) groups excluding carboxylic acids is 2. The zero-order valence-corrected chi connectivity index (χ0v) is 18.8. The molecule has 2 heterocycles. The molecule has 168 valence electrons. The Morgan fingerprint density at radius 2 is 1.94 bits per heavy atom. The Bertz CT molecular complexity index is 1030. The molecule has 10 heteroatoms. The summed E-state index contributed by atoms with van der Waals surface area (Å²) in [7, 11) is 0. The van der Waals surface area contributed by atoms with Gasteiger partial charge in [-0.3, -0.25) is 10.1 Å². The molecule has 0 unspecified atom stereocenters. The van der Waals surface area contributed by atoms with E-state index in [0.29, 0.717) is 53.7 Å². The third-order valence-corrected chi connectivity index (χ3v) is 6.15. The Kier molecular flexibility index (Phi) is 6.30. The number of thiazole rings is 1. The summed E-state index contributed by atoms with van der Waals surface area (Å²) in [4.78, 5) is 31.6. The van der Waals surface area contributed by atoms with Crippen molar-refractivity contribution in [3.63, 3.8) is 0 Å². The molecule has 2 aromatic rings. The lowest BCUT2D eigenvalue weighted by Gasteiger charge is -2.31. The molecule has 1 aliphatic heterocycles. The van der Waals surface area contributed by atoms with Crippen LogP contribution in [0.3, 0.4) is 0 Å². The largest absolute Gasteiger partial charge is 0.445 e. The zero-order valence-electron chi connectivity index (χ0n) is 18.0. The van der Waals surface area contributed by atoms with Gasteiger partial charge in [-0.2, -0.15) is 5.26 Å². The summed E-state index contributed by atoms with van der Waals surface area (Å²) in [5.74, 6) is 0.560. The van der Waals surface area contributed by atoms with Gasteiger partial charge >= 0.3 is 6.03 Å². The van der Waals surface area contributed by atoms with Gasteiger partial charge in [0.05, 0.1) is 24.8 Å². The molecule has 32 heavy (non-hydrogen) atoms. The molecular weight excluding hydrogens is 430 g/mol. The summed E-state index contributed by atoms with van der Waals surface area (Å²) < 4.78 is 11.3. The van der Waals surface area contributed by atoms with Crippen molar-refractivity contribution < 1.29 is 19.1 Å². The lowest BCUT2D eigenvalue weighted by molar-refractivity contribution is -0.121. The average Bonchev–Trinajstić information content (AvgIpc) is 3.56. The average molecular weight is 456 g/mol. The molecule has 1 aromatic heterocycles. The summed E-state index contributed by atoms with van der Waals surface area (Å²) in [6.45, 7) is 5.29. The number of aromatic nitrogens is 1. The maximum atomic E-state index is 12.9. The summed E-state index contributed by atoms with van der Waals surface area (Å²) in [6, 6.07) is 8.63. The normalized spacial score (nSPS) is 16.2. The molecule has 1 aliphatic carbocycles. The molecule has 2 N–H and O–H groups in total. The van der Waals surface area contributed by atoms with E-state index in [1.54, 1.807) is 43.0 Å². The van der Waals surface area contributed by atoms with Crippen molar-refractivity contribution in [1.29, 1.82) is 5.26 Å². The van der Waals surface area contributed by atoms with Crippen molar-refractivity contribution in [2.45, 2.75) is 38.1 Å². The number of benzene rings is 1. The van der Waals surface area contributed by atoms with Crippen molar-refractivity contribution in [1.82, 2.24) is 15.2 Å². The standard InChI is InChI=1S/C22H25N5O4S/c1-22(2,26-21(29)27-9-11-30-12-10-27)19(28)25-20-24-17(15-5-6-15)18(32-20)31-16-7-3-14(13-23)4-8-16/h3-4,7-8,15H,5-6,9-12H2,1-2H3,(H,26,29)(H,24,25,28). The fourth-order valence-corrected chi connectivity index (χ4v) is 4.10. The highest BCUT2D eigenvalue weighted by Gasteiger charge is 2.35. The van der Waals surface area contributed by atoms with Gasteiger partial charge in [0.15, 0.2) is 5.13 Å². The minimum absolute atomic E-state index is 0.295. The maximum Gasteiger partial charge on any atom is 0.318 e. The zero-order chi connectivity index (χ0) is 22.7. The SMILES string of the molecule is CC(C)(NC(=O)N1CCOCC1)C(=O)Nc1nc(C2CC2)c(Oc2ccc(C#N)cc2)s1. The van der Waals surface area contributed by atoms with Gasteiger partial charge in [0.2, 0.25) is 5.06 Å². The first-order chi connectivity index (χ1) is 15.4. The quantitative estimate of drug-likeness (QED) is 0.689. The summed E-state index contributed by atoms with van der Waals surface area (Å²) in [5, 5.41) is 15.6. The molecule has 0 bridgehead atoms. The lowest BCUT2D eigenvalue weighted by Crippen LogP contribution is -2.57. The third kappa shape index (κ3) is 5.18. The second-order valence-electron chi connectivity index (χ2n) is 8.31. The summed E-state index contributed by atoms with van der Waals surface area (Å²) in [6.07, 6.45) is 2.06. The topological polar surface area (TPSA) is 117 Å². The van der Waals surface area contributed by atoms with Gasteiger partial charge in [0.1, 0.15) is 17.0 Å².